The summed E-state index contributed by atoms with van der Waals surface area (Å²) in [6.07, 6.45) is 7.00. The van der Waals surface area contributed by atoms with E-state index in [0.29, 0.717) is 0 Å². The topological polar surface area (TPSA) is 52.0 Å². The van der Waals surface area contributed by atoms with Gasteiger partial charge >= 0.3 is 0 Å². The lowest BCUT2D eigenvalue weighted by Crippen LogP contribution is -2.38. The molecule has 1 atom stereocenters. The number of aryl methyl sites for hydroxylation is 1. The lowest BCUT2D eigenvalue weighted by Gasteiger charge is -2.24. The van der Waals surface area contributed by atoms with Crippen LogP contribution in [0.2, 0.25) is 0 Å². The molecule has 1 saturated heterocycles. The summed E-state index contributed by atoms with van der Waals surface area (Å²) in [7, 11) is 0. The molecule has 3 heterocycles. The van der Waals surface area contributed by atoms with Crippen molar-refractivity contribution in [1.29, 1.82) is 0 Å². The number of pyridine rings is 1. The van der Waals surface area contributed by atoms with Gasteiger partial charge in [0.2, 0.25) is 0 Å². The van der Waals surface area contributed by atoms with Crippen LogP contribution in [0.3, 0.4) is 0 Å². The van der Waals surface area contributed by atoms with E-state index in [1.54, 1.807) is 0 Å². The summed E-state index contributed by atoms with van der Waals surface area (Å²) in [6, 6.07) is 10.3. The van der Waals surface area contributed by atoms with Gasteiger partial charge in [-0.3, -0.25) is 4.98 Å². The first-order chi connectivity index (χ1) is 11.4. The van der Waals surface area contributed by atoms with Crippen molar-refractivity contribution in [1.82, 2.24) is 19.9 Å². The van der Waals surface area contributed by atoms with Gasteiger partial charge in [0.1, 0.15) is 5.82 Å². The molecule has 5 nitrogen and oxygen atoms in total. The van der Waals surface area contributed by atoms with Crippen molar-refractivity contribution in [3.05, 3.63) is 48.9 Å². The highest BCUT2D eigenvalue weighted by molar-refractivity contribution is 5.92. The van der Waals surface area contributed by atoms with E-state index < -0.39 is 0 Å². The van der Waals surface area contributed by atoms with Crippen molar-refractivity contribution in [2.45, 2.75) is 19.1 Å². The minimum atomic E-state index is 0. The first kappa shape index (κ1) is 19.7. The van der Waals surface area contributed by atoms with Gasteiger partial charge in [0, 0.05) is 49.2 Å². The van der Waals surface area contributed by atoms with E-state index in [9.17, 15) is 0 Å². The number of nitrogens with one attached hydrogen (secondary N) is 1. The third-order valence-electron chi connectivity index (χ3n) is 4.30. The first-order valence-electron chi connectivity index (χ1n) is 8.09. The Morgan fingerprint density at radius 1 is 1.12 bits per heavy atom. The van der Waals surface area contributed by atoms with Crippen LogP contribution in [-0.4, -0.2) is 40.3 Å². The third kappa shape index (κ3) is 4.30. The third-order valence-corrected chi connectivity index (χ3v) is 4.30. The lowest BCUT2D eigenvalue weighted by atomic mass is 10.1. The second-order valence-electron chi connectivity index (χ2n) is 5.81. The molecule has 1 aliphatic rings. The largest absolute Gasteiger partial charge is 0.376 e. The zero-order chi connectivity index (χ0) is 15.5. The summed E-state index contributed by atoms with van der Waals surface area (Å²) in [5, 5.41) is 4.51. The summed E-state index contributed by atoms with van der Waals surface area (Å²) in [6.45, 7) is 3.59. The summed E-state index contributed by atoms with van der Waals surface area (Å²) >= 11 is 0. The molecule has 25 heavy (non-hydrogen) atoms. The number of nitrogens with zero attached hydrogens (tertiary/aromatic N) is 3. The molecule has 4 rings (SSSR count). The summed E-state index contributed by atoms with van der Waals surface area (Å²) in [4.78, 5) is 9.01. The molecule has 1 aliphatic heterocycles. The molecule has 1 unspecified atom stereocenters. The van der Waals surface area contributed by atoms with Crippen LogP contribution < -0.4 is 5.32 Å². The molecule has 0 bridgehead atoms. The fourth-order valence-corrected chi connectivity index (χ4v) is 3.12. The Bertz CT molecular complexity index is 797. The summed E-state index contributed by atoms with van der Waals surface area (Å²) in [5.74, 6) is 0.993. The van der Waals surface area contributed by atoms with Gasteiger partial charge in [0.25, 0.3) is 0 Å². The van der Waals surface area contributed by atoms with Gasteiger partial charge in [-0.15, -0.1) is 24.8 Å². The number of hydrogen-bond donors (Lipinski definition) is 1. The van der Waals surface area contributed by atoms with Gasteiger partial charge in [0.05, 0.1) is 18.2 Å². The van der Waals surface area contributed by atoms with Gasteiger partial charge in [-0.25, -0.2) is 4.98 Å². The van der Waals surface area contributed by atoms with Gasteiger partial charge in [-0.2, -0.15) is 0 Å². The molecule has 2 aromatic heterocycles. The highest BCUT2D eigenvalue weighted by atomic mass is 35.5. The summed E-state index contributed by atoms with van der Waals surface area (Å²) in [5.41, 5.74) is 2.13. The predicted octanol–water partition coefficient (Wildman–Crippen LogP) is 3.32. The van der Waals surface area contributed by atoms with Crippen LogP contribution in [0.4, 0.5) is 0 Å². The van der Waals surface area contributed by atoms with E-state index in [0.717, 1.165) is 55.0 Å². The molecule has 134 valence electrons. The average Bonchev–Trinajstić information content (AvgIpc) is 3.09. The Hall–Kier alpha value is -1.66. The molecule has 0 radical (unpaired) electrons. The van der Waals surface area contributed by atoms with Crippen LogP contribution in [0.1, 0.15) is 6.42 Å². The number of ether oxygens (including phenoxy) is 1. The maximum Gasteiger partial charge on any atom is 0.140 e. The Labute approximate surface area is 159 Å². The van der Waals surface area contributed by atoms with Gasteiger partial charge in [-0.05, 0) is 18.6 Å². The van der Waals surface area contributed by atoms with Crippen molar-refractivity contribution in [3.63, 3.8) is 0 Å². The van der Waals surface area contributed by atoms with Crippen molar-refractivity contribution < 1.29 is 4.74 Å². The van der Waals surface area contributed by atoms with Crippen LogP contribution in [0.25, 0.3) is 22.3 Å². The molecule has 3 aromatic rings. The van der Waals surface area contributed by atoms with Crippen LogP contribution in [0, 0.1) is 0 Å². The summed E-state index contributed by atoms with van der Waals surface area (Å²) < 4.78 is 7.99. The van der Waals surface area contributed by atoms with Crippen LogP contribution in [0.5, 0.6) is 0 Å². The Morgan fingerprint density at radius 3 is 2.88 bits per heavy atom. The molecule has 1 fully saturated rings. The molecule has 0 saturated carbocycles. The van der Waals surface area contributed by atoms with E-state index in [2.05, 4.69) is 32.0 Å². The maximum absolute atomic E-state index is 5.79. The van der Waals surface area contributed by atoms with Crippen LogP contribution >= 0.6 is 24.8 Å². The van der Waals surface area contributed by atoms with E-state index in [1.807, 2.05) is 36.8 Å². The molecule has 0 aliphatic carbocycles. The fourth-order valence-electron chi connectivity index (χ4n) is 3.12. The number of morpholine rings is 1. The van der Waals surface area contributed by atoms with E-state index in [4.69, 9.17) is 4.74 Å². The Morgan fingerprint density at radius 2 is 2.04 bits per heavy atom. The number of hydrogen-bond acceptors (Lipinski definition) is 4. The maximum atomic E-state index is 5.79. The number of rotatable bonds is 4. The smallest absolute Gasteiger partial charge is 0.140 e. The number of fused-ring (bicyclic) bond motifs is 1. The quantitative estimate of drug-likeness (QED) is 0.753. The SMILES string of the molecule is Cl.Cl.c1cc(-c2nccn2CCC2CNCCO2)c2cccnc2c1. The second kappa shape index (κ2) is 9.15. The van der Waals surface area contributed by atoms with E-state index in [1.165, 1.54) is 0 Å². The van der Waals surface area contributed by atoms with Crippen molar-refractivity contribution in [2.24, 2.45) is 0 Å². The molecule has 0 spiro atoms. The number of aromatic nitrogens is 3. The second-order valence-corrected chi connectivity index (χ2v) is 5.81. The Balaban J connectivity index is 0.00000113. The average molecular weight is 381 g/mol. The van der Waals surface area contributed by atoms with E-state index in [-0.39, 0.29) is 30.9 Å². The minimum Gasteiger partial charge on any atom is -0.376 e. The molecule has 1 aromatic carbocycles. The number of benzene rings is 1. The standard InChI is InChI=1S/C18H20N4O.2ClH/c1-3-16(15-4-2-7-20-17(15)5-1)18-21-8-11-22(18)10-6-14-13-19-9-12-23-14;;/h1-5,7-8,11,14,19H,6,9-10,12-13H2;2*1H. The zero-order valence-electron chi connectivity index (χ0n) is 13.8. The normalized spacial score (nSPS) is 16.9. The minimum absolute atomic E-state index is 0. The van der Waals surface area contributed by atoms with Crippen LogP contribution in [-0.2, 0) is 11.3 Å². The fraction of sp³-hybridized carbons (Fsp3) is 0.333. The molecule has 7 heteroatoms. The van der Waals surface area contributed by atoms with Crippen molar-refractivity contribution in [2.75, 3.05) is 19.7 Å². The van der Waals surface area contributed by atoms with Crippen molar-refractivity contribution >= 4 is 35.7 Å². The molecular weight excluding hydrogens is 359 g/mol. The Kier molecular flexibility index (Phi) is 7.20. The van der Waals surface area contributed by atoms with Gasteiger partial charge in [0.15, 0.2) is 0 Å². The first-order valence-corrected chi connectivity index (χ1v) is 8.09. The highest BCUT2D eigenvalue weighted by Gasteiger charge is 2.15. The number of imidazole rings is 1. The van der Waals surface area contributed by atoms with Crippen LogP contribution in [0.15, 0.2) is 48.9 Å². The predicted molar refractivity (Wildman–Crippen MR) is 105 cm³/mol. The van der Waals surface area contributed by atoms with Gasteiger partial charge in [-0.1, -0.05) is 18.2 Å². The monoisotopic (exact) mass is 380 g/mol. The van der Waals surface area contributed by atoms with E-state index >= 15 is 0 Å². The molecule has 0 amide bonds. The lowest BCUT2D eigenvalue weighted by molar-refractivity contribution is 0.0211. The van der Waals surface area contributed by atoms with Gasteiger partial charge < -0.3 is 14.6 Å². The molecular formula is C18H22Cl2N4O. The number of halogens is 2. The highest BCUT2D eigenvalue weighted by Crippen LogP contribution is 2.26. The molecule has 1 N–H and O–H groups in total. The van der Waals surface area contributed by atoms with Crippen molar-refractivity contribution in [3.8, 4) is 11.4 Å². The zero-order valence-corrected chi connectivity index (χ0v) is 15.4.